The van der Waals surface area contributed by atoms with Crippen LogP contribution in [0.4, 0.5) is 9.18 Å². The Labute approximate surface area is 168 Å². The molecule has 0 unspecified atom stereocenters. The predicted octanol–water partition coefficient (Wildman–Crippen LogP) is 5.81. The number of nitrogens with zero attached hydrogens (tertiary/aromatic N) is 1. The molecule has 2 aromatic carbocycles. The van der Waals surface area contributed by atoms with Gasteiger partial charge >= 0.3 is 6.09 Å². The molecule has 0 aromatic heterocycles. The molecule has 0 saturated carbocycles. The molecule has 0 fully saturated rings. The van der Waals surface area contributed by atoms with Crippen LogP contribution < -0.4 is 10.1 Å². The maximum Gasteiger partial charge on any atom is 0.407 e. The van der Waals surface area contributed by atoms with Crippen LogP contribution in [0, 0.1) is 17.1 Å². The summed E-state index contributed by atoms with van der Waals surface area (Å²) in [6.07, 6.45) is 0.883. The standard InChI is InChI=1S/C21H20ClFN2O3/c1-5-13-8-14(11-24)10-16(9-13)27-19-17(22)7-6-15(18(19)23)12-25-20(26)28-21(2,3)4/h5-10H,1,12H2,2-4H3,(H,25,26). The Morgan fingerprint density at radius 2 is 2.07 bits per heavy atom. The van der Waals surface area contributed by atoms with Gasteiger partial charge in [0.2, 0.25) is 0 Å². The Morgan fingerprint density at radius 3 is 2.68 bits per heavy atom. The van der Waals surface area contributed by atoms with Gasteiger partial charge in [-0.2, -0.15) is 5.26 Å². The van der Waals surface area contributed by atoms with Crippen molar-refractivity contribution in [2.75, 3.05) is 0 Å². The van der Waals surface area contributed by atoms with Gasteiger partial charge in [-0.25, -0.2) is 9.18 Å². The summed E-state index contributed by atoms with van der Waals surface area (Å²) in [5.41, 5.74) is 0.497. The molecule has 0 atom stereocenters. The Balaban J connectivity index is 2.25. The van der Waals surface area contributed by atoms with E-state index < -0.39 is 17.5 Å². The molecule has 0 saturated heterocycles. The van der Waals surface area contributed by atoms with E-state index in [9.17, 15) is 9.18 Å². The van der Waals surface area contributed by atoms with Crippen molar-refractivity contribution < 1.29 is 18.7 Å². The number of carbonyl (C=O) groups is 1. The first-order valence-corrected chi connectivity index (χ1v) is 8.80. The van der Waals surface area contributed by atoms with E-state index >= 15 is 0 Å². The van der Waals surface area contributed by atoms with Crippen molar-refractivity contribution in [1.29, 1.82) is 5.26 Å². The lowest BCUT2D eigenvalue weighted by Crippen LogP contribution is -2.32. The van der Waals surface area contributed by atoms with Crippen molar-refractivity contribution in [2.45, 2.75) is 32.9 Å². The number of rotatable bonds is 5. The minimum atomic E-state index is -0.717. The van der Waals surface area contributed by atoms with Gasteiger partial charge in [-0.15, -0.1) is 0 Å². The minimum absolute atomic E-state index is 0.0565. The topological polar surface area (TPSA) is 71.3 Å². The van der Waals surface area contributed by atoms with Gasteiger partial charge in [0.1, 0.15) is 11.4 Å². The van der Waals surface area contributed by atoms with Crippen molar-refractivity contribution >= 4 is 23.8 Å². The quantitative estimate of drug-likeness (QED) is 0.684. The van der Waals surface area contributed by atoms with Gasteiger partial charge < -0.3 is 14.8 Å². The smallest absolute Gasteiger partial charge is 0.407 e. The fourth-order valence-electron chi connectivity index (χ4n) is 2.27. The second-order valence-electron chi connectivity index (χ2n) is 6.91. The van der Waals surface area contributed by atoms with Gasteiger partial charge in [-0.3, -0.25) is 0 Å². The Hall–Kier alpha value is -3.04. The summed E-state index contributed by atoms with van der Waals surface area (Å²) in [6, 6.07) is 9.61. The monoisotopic (exact) mass is 402 g/mol. The van der Waals surface area contributed by atoms with Crippen LogP contribution in [0.5, 0.6) is 11.5 Å². The summed E-state index contributed by atoms with van der Waals surface area (Å²) in [7, 11) is 0. The first kappa shape index (κ1) is 21.3. The number of nitriles is 1. The van der Waals surface area contributed by atoms with Crippen molar-refractivity contribution in [3.8, 4) is 17.6 Å². The maximum absolute atomic E-state index is 14.9. The molecule has 0 aliphatic rings. The SMILES string of the molecule is C=Cc1cc(C#N)cc(Oc2c(Cl)ccc(CNC(=O)OC(C)(C)C)c2F)c1. The summed E-state index contributed by atoms with van der Waals surface area (Å²) in [4.78, 5) is 11.8. The highest BCUT2D eigenvalue weighted by Gasteiger charge is 2.19. The van der Waals surface area contributed by atoms with E-state index in [2.05, 4.69) is 11.9 Å². The molecular formula is C21H20ClFN2O3. The van der Waals surface area contributed by atoms with Crippen LogP contribution in [-0.2, 0) is 11.3 Å². The zero-order valence-corrected chi connectivity index (χ0v) is 16.6. The molecular weight excluding hydrogens is 383 g/mol. The first-order valence-electron chi connectivity index (χ1n) is 8.42. The van der Waals surface area contributed by atoms with E-state index in [1.54, 1.807) is 39.0 Å². The number of carbonyl (C=O) groups excluding carboxylic acids is 1. The highest BCUT2D eigenvalue weighted by molar-refractivity contribution is 6.32. The molecule has 0 spiro atoms. The Bertz CT molecular complexity index is 946. The van der Waals surface area contributed by atoms with Crippen LogP contribution in [0.1, 0.15) is 37.5 Å². The van der Waals surface area contributed by atoms with E-state index in [0.29, 0.717) is 11.1 Å². The molecule has 146 valence electrons. The van der Waals surface area contributed by atoms with Crippen molar-refractivity contribution in [1.82, 2.24) is 5.32 Å². The molecule has 0 aliphatic heterocycles. The third-order valence-corrected chi connectivity index (χ3v) is 3.76. The predicted molar refractivity (Wildman–Crippen MR) is 106 cm³/mol. The van der Waals surface area contributed by atoms with E-state index in [1.165, 1.54) is 18.2 Å². The minimum Gasteiger partial charge on any atom is -0.453 e. The second-order valence-corrected chi connectivity index (χ2v) is 7.32. The van der Waals surface area contributed by atoms with Crippen LogP contribution in [0.25, 0.3) is 6.08 Å². The normalized spacial score (nSPS) is 10.7. The highest BCUT2D eigenvalue weighted by atomic mass is 35.5. The maximum atomic E-state index is 14.9. The van der Waals surface area contributed by atoms with E-state index in [4.69, 9.17) is 26.3 Å². The van der Waals surface area contributed by atoms with Gasteiger partial charge in [0, 0.05) is 12.1 Å². The largest absolute Gasteiger partial charge is 0.453 e. The second kappa shape index (κ2) is 8.77. The van der Waals surface area contributed by atoms with E-state index in [0.717, 1.165) is 0 Å². The number of alkyl carbamates (subject to hydrolysis) is 1. The number of hydrogen-bond donors (Lipinski definition) is 1. The number of benzene rings is 2. The summed E-state index contributed by atoms with van der Waals surface area (Å²) in [5.74, 6) is -0.673. The fourth-order valence-corrected chi connectivity index (χ4v) is 2.45. The molecule has 0 radical (unpaired) electrons. The highest BCUT2D eigenvalue weighted by Crippen LogP contribution is 2.34. The van der Waals surface area contributed by atoms with E-state index in [-0.39, 0.29) is 28.6 Å². The van der Waals surface area contributed by atoms with Crippen LogP contribution in [0.3, 0.4) is 0 Å². The van der Waals surface area contributed by atoms with Crippen LogP contribution in [0.2, 0.25) is 5.02 Å². The average Bonchev–Trinajstić information content (AvgIpc) is 2.62. The third-order valence-electron chi connectivity index (χ3n) is 3.46. The Morgan fingerprint density at radius 1 is 1.36 bits per heavy atom. The first-order chi connectivity index (χ1) is 13.1. The summed E-state index contributed by atoms with van der Waals surface area (Å²) in [6.45, 7) is 8.74. The molecule has 28 heavy (non-hydrogen) atoms. The molecule has 0 heterocycles. The zero-order chi connectivity index (χ0) is 20.9. The lowest BCUT2D eigenvalue weighted by Gasteiger charge is -2.20. The number of ether oxygens (including phenoxy) is 2. The summed E-state index contributed by atoms with van der Waals surface area (Å²) < 4.78 is 25.6. The molecule has 1 amide bonds. The Kier molecular flexibility index (Phi) is 6.66. The number of amides is 1. The lowest BCUT2D eigenvalue weighted by molar-refractivity contribution is 0.0523. The van der Waals surface area contributed by atoms with E-state index in [1.807, 2.05) is 6.07 Å². The van der Waals surface area contributed by atoms with Gasteiger partial charge in [0.25, 0.3) is 0 Å². The number of hydrogen-bond acceptors (Lipinski definition) is 4. The van der Waals surface area contributed by atoms with Gasteiger partial charge in [-0.05, 0) is 50.6 Å². The number of nitrogens with one attached hydrogen (secondary N) is 1. The van der Waals surface area contributed by atoms with Gasteiger partial charge in [0.15, 0.2) is 11.6 Å². The van der Waals surface area contributed by atoms with Gasteiger partial charge in [-0.1, -0.05) is 30.3 Å². The summed E-state index contributed by atoms with van der Waals surface area (Å²) >= 11 is 6.09. The molecule has 0 aliphatic carbocycles. The molecule has 2 aromatic rings. The molecule has 2 rings (SSSR count). The zero-order valence-electron chi connectivity index (χ0n) is 15.8. The average molecular weight is 403 g/mol. The van der Waals surface area contributed by atoms with Crippen molar-refractivity contribution in [2.24, 2.45) is 0 Å². The molecule has 1 N–H and O–H groups in total. The van der Waals surface area contributed by atoms with Crippen LogP contribution in [0.15, 0.2) is 36.9 Å². The van der Waals surface area contributed by atoms with Crippen molar-refractivity contribution in [3.63, 3.8) is 0 Å². The lowest BCUT2D eigenvalue weighted by atomic mass is 10.1. The fraction of sp³-hybridized carbons (Fsp3) is 0.238. The van der Waals surface area contributed by atoms with Crippen molar-refractivity contribution in [3.05, 3.63) is 64.4 Å². The molecule has 7 heteroatoms. The van der Waals surface area contributed by atoms with Crippen LogP contribution in [-0.4, -0.2) is 11.7 Å². The number of halogens is 2. The third kappa shape index (κ3) is 5.73. The molecule has 0 bridgehead atoms. The molecule has 5 nitrogen and oxygen atoms in total. The van der Waals surface area contributed by atoms with Gasteiger partial charge in [0.05, 0.1) is 16.7 Å². The summed E-state index contributed by atoms with van der Waals surface area (Å²) in [5, 5.41) is 11.7. The van der Waals surface area contributed by atoms with Crippen LogP contribution >= 0.6 is 11.6 Å².